The number of ether oxygens (including phenoxy) is 3. The quantitative estimate of drug-likeness (QED) is 0.245. The van der Waals surface area contributed by atoms with Gasteiger partial charge in [0.25, 0.3) is 0 Å². The number of nitrogens with one attached hydrogen (secondary N) is 1. The fourth-order valence-electron chi connectivity index (χ4n) is 6.07. The van der Waals surface area contributed by atoms with Gasteiger partial charge in [-0.2, -0.15) is 0 Å². The lowest BCUT2D eigenvalue weighted by Gasteiger charge is -2.41. The van der Waals surface area contributed by atoms with Crippen LogP contribution in [0.25, 0.3) is 0 Å². The number of rotatable bonds is 14. The van der Waals surface area contributed by atoms with Gasteiger partial charge in [-0.3, -0.25) is 9.59 Å². The van der Waals surface area contributed by atoms with Crippen LogP contribution in [-0.2, 0) is 23.8 Å². The van der Waals surface area contributed by atoms with Crippen LogP contribution in [0.2, 0.25) is 0 Å². The topological polar surface area (TPSA) is 120 Å². The van der Waals surface area contributed by atoms with Gasteiger partial charge in [0.1, 0.15) is 12.2 Å². The summed E-state index contributed by atoms with van der Waals surface area (Å²) in [4.78, 5) is 23.4. The molecule has 8 heteroatoms. The van der Waals surface area contributed by atoms with Crippen molar-refractivity contribution in [3.05, 3.63) is 0 Å². The molecule has 8 nitrogen and oxygen atoms in total. The number of aliphatic hydroxyl groups is 1. The van der Waals surface area contributed by atoms with E-state index in [1.165, 1.54) is 13.8 Å². The van der Waals surface area contributed by atoms with Gasteiger partial charge in [0.15, 0.2) is 0 Å². The van der Waals surface area contributed by atoms with Crippen LogP contribution in [0.1, 0.15) is 97.8 Å². The molecule has 0 aromatic carbocycles. The Kier molecular flexibility index (Phi) is 13.5. The van der Waals surface area contributed by atoms with E-state index in [0.717, 1.165) is 70.8 Å². The van der Waals surface area contributed by atoms with Crippen LogP contribution in [0.3, 0.4) is 0 Å². The Hall–Kier alpha value is -1.22. The van der Waals surface area contributed by atoms with Crippen LogP contribution < -0.4 is 11.1 Å². The maximum absolute atomic E-state index is 11.8. The monoisotopic (exact) mass is 498 g/mol. The number of carbonyl (C=O) groups excluding carboxylic acids is 2. The van der Waals surface area contributed by atoms with Crippen molar-refractivity contribution in [1.82, 2.24) is 5.32 Å². The number of hydrogen-bond donors (Lipinski definition) is 3. The van der Waals surface area contributed by atoms with E-state index in [1.54, 1.807) is 7.11 Å². The molecule has 0 amide bonds. The van der Waals surface area contributed by atoms with Crippen LogP contribution in [0.5, 0.6) is 0 Å². The van der Waals surface area contributed by atoms with Crippen LogP contribution in [0, 0.1) is 17.8 Å². The maximum Gasteiger partial charge on any atom is 0.302 e. The molecule has 2 fully saturated rings. The highest BCUT2D eigenvalue weighted by atomic mass is 16.6. The predicted molar refractivity (Wildman–Crippen MR) is 135 cm³/mol. The van der Waals surface area contributed by atoms with Gasteiger partial charge in [-0.05, 0) is 82.1 Å². The summed E-state index contributed by atoms with van der Waals surface area (Å²) in [5, 5.41) is 14.3. The third-order valence-electron chi connectivity index (χ3n) is 7.77. The zero-order valence-electron chi connectivity index (χ0n) is 22.4. The van der Waals surface area contributed by atoms with Crippen molar-refractivity contribution in [1.29, 1.82) is 0 Å². The Balaban J connectivity index is 1.97. The molecule has 1 saturated heterocycles. The highest BCUT2D eigenvalue weighted by Crippen LogP contribution is 2.39. The molecule has 2 rings (SSSR count). The molecule has 2 aliphatic rings. The number of esters is 2. The third-order valence-corrected chi connectivity index (χ3v) is 7.77. The van der Waals surface area contributed by atoms with Gasteiger partial charge in [-0.25, -0.2) is 0 Å². The zero-order valence-corrected chi connectivity index (χ0v) is 22.4. The molecule has 0 aromatic heterocycles. The smallest absolute Gasteiger partial charge is 0.302 e. The molecule has 1 heterocycles. The lowest BCUT2D eigenvalue weighted by Crippen LogP contribution is -2.47. The Bertz CT molecular complexity index is 633. The first kappa shape index (κ1) is 30.0. The minimum absolute atomic E-state index is 0.0375. The summed E-state index contributed by atoms with van der Waals surface area (Å²) in [5.41, 5.74) is 6.10. The highest BCUT2D eigenvalue weighted by Gasteiger charge is 2.38. The average Bonchev–Trinajstić information content (AvgIpc) is 2.78. The van der Waals surface area contributed by atoms with Crippen molar-refractivity contribution in [2.75, 3.05) is 13.7 Å². The number of hydrogen-bond acceptors (Lipinski definition) is 8. The summed E-state index contributed by atoms with van der Waals surface area (Å²) in [6.07, 6.45) is 9.70. The molecule has 204 valence electrons. The molecule has 8 atom stereocenters. The summed E-state index contributed by atoms with van der Waals surface area (Å²) >= 11 is 0. The molecule has 4 N–H and O–H groups in total. The van der Waals surface area contributed by atoms with Gasteiger partial charge in [-0.1, -0.05) is 19.8 Å². The van der Waals surface area contributed by atoms with Crippen molar-refractivity contribution in [3.63, 3.8) is 0 Å². The largest absolute Gasteiger partial charge is 0.462 e. The molecule has 0 aromatic rings. The molecule has 1 aliphatic carbocycles. The minimum Gasteiger partial charge on any atom is -0.462 e. The van der Waals surface area contributed by atoms with Crippen LogP contribution in [-0.4, -0.2) is 61.3 Å². The highest BCUT2D eigenvalue weighted by molar-refractivity contribution is 5.66. The standard InChI is InChI=1S/C27H50N2O6/c1-5-6-7-8-23(34-18(2)30)17-24(35-19(3)31)10-9-20-13-22(27(32)25(15-20)33-4)14-21-11-12-29-26(28)16-21/h20-27,29,32H,5-17,28H2,1-4H3. The number of methoxy groups -OCH3 is 1. The van der Waals surface area contributed by atoms with Crippen molar-refractivity contribution >= 4 is 11.9 Å². The van der Waals surface area contributed by atoms with Gasteiger partial charge in [0, 0.05) is 27.4 Å². The van der Waals surface area contributed by atoms with E-state index < -0.39 is 6.10 Å². The first-order chi connectivity index (χ1) is 16.7. The van der Waals surface area contributed by atoms with E-state index in [2.05, 4.69) is 12.2 Å². The van der Waals surface area contributed by atoms with Crippen molar-refractivity contribution in [2.45, 2.75) is 128 Å². The van der Waals surface area contributed by atoms with E-state index in [-0.39, 0.29) is 42.3 Å². The summed E-state index contributed by atoms with van der Waals surface area (Å²) in [6.45, 7) is 5.94. The molecular weight excluding hydrogens is 448 g/mol. The van der Waals surface area contributed by atoms with Crippen molar-refractivity contribution in [2.24, 2.45) is 23.5 Å². The minimum atomic E-state index is -0.460. The van der Waals surface area contributed by atoms with Crippen molar-refractivity contribution < 1.29 is 28.9 Å². The lowest BCUT2D eigenvalue weighted by molar-refractivity contribution is -0.153. The molecule has 0 bridgehead atoms. The maximum atomic E-state index is 11.8. The average molecular weight is 499 g/mol. The molecular formula is C27H50N2O6. The summed E-state index contributed by atoms with van der Waals surface area (Å²) in [7, 11) is 1.68. The number of aliphatic hydroxyl groups excluding tert-OH is 1. The fraction of sp³-hybridized carbons (Fsp3) is 0.926. The Morgan fingerprint density at radius 1 is 1.03 bits per heavy atom. The first-order valence-electron chi connectivity index (χ1n) is 13.8. The third kappa shape index (κ3) is 11.1. The van der Waals surface area contributed by atoms with E-state index >= 15 is 0 Å². The van der Waals surface area contributed by atoms with Gasteiger partial charge in [-0.15, -0.1) is 0 Å². The molecule has 0 radical (unpaired) electrons. The van der Waals surface area contributed by atoms with E-state index in [0.29, 0.717) is 24.7 Å². The van der Waals surface area contributed by atoms with Crippen molar-refractivity contribution in [3.8, 4) is 0 Å². The number of nitrogens with two attached hydrogens (primary N) is 1. The summed E-state index contributed by atoms with van der Waals surface area (Å²) in [5.74, 6) is 0.485. The lowest BCUT2D eigenvalue weighted by atomic mass is 9.71. The normalized spacial score (nSPS) is 30.9. The van der Waals surface area contributed by atoms with E-state index in [9.17, 15) is 14.7 Å². The molecule has 1 saturated carbocycles. The SMILES string of the molecule is CCCCCC(CC(CCC1CC(CC2CCNC(N)C2)C(O)C(OC)C1)OC(C)=O)OC(C)=O. The van der Waals surface area contributed by atoms with Gasteiger partial charge >= 0.3 is 11.9 Å². The zero-order chi connectivity index (χ0) is 25.8. The molecule has 1 aliphatic heterocycles. The fourth-order valence-corrected chi connectivity index (χ4v) is 6.07. The number of unbranched alkanes of at least 4 members (excludes halogenated alkanes) is 2. The Morgan fingerprint density at radius 3 is 2.31 bits per heavy atom. The van der Waals surface area contributed by atoms with Crippen LogP contribution >= 0.6 is 0 Å². The summed E-state index contributed by atoms with van der Waals surface area (Å²) < 4.78 is 16.9. The first-order valence-corrected chi connectivity index (χ1v) is 13.8. The second-order valence-electron chi connectivity index (χ2n) is 10.8. The van der Waals surface area contributed by atoms with Gasteiger partial charge in [0.05, 0.1) is 18.4 Å². The van der Waals surface area contributed by atoms with Crippen LogP contribution in [0.4, 0.5) is 0 Å². The van der Waals surface area contributed by atoms with E-state index in [4.69, 9.17) is 19.9 Å². The van der Waals surface area contributed by atoms with Crippen LogP contribution in [0.15, 0.2) is 0 Å². The van der Waals surface area contributed by atoms with Gasteiger partial charge < -0.3 is 30.4 Å². The van der Waals surface area contributed by atoms with Gasteiger partial charge in [0.2, 0.25) is 0 Å². The number of carbonyl (C=O) groups is 2. The summed E-state index contributed by atoms with van der Waals surface area (Å²) in [6, 6.07) is 0. The second kappa shape index (κ2) is 15.8. The molecule has 35 heavy (non-hydrogen) atoms. The van der Waals surface area contributed by atoms with E-state index in [1.807, 2.05) is 0 Å². The Morgan fingerprint density at radius 2 is 1.71 bits per heavy atom. The predicted octanol–water partition coefficient (Wildman–Crippen LogP) is 3.68. The Labute approximate surface area is 212 Å². The number of piperidine rings is 1. The second-order valence-corrected chi connectivity index (χ2v) is 10.8. The molecule has 8 unspecified atom stereocenters. The molecule has 0 spiro atoms.